The Morgan fingerprint density at radius 3 is 1.45 bits per heavy atom. The Kier molecular flexibility index (Phi) is 18.3. The first-order chi connectivity index (χ1) is 28.7. The van der Waals surface area contributed by atoms with Gasteiger partial charge in [-0.25, -0.2) is 14.4 Å². The number of hydrogen-bond donors (Lipinski definition) is 3. The van der Waals surface area contributed by atoms with Crippen molar-refractivity contribution in [3.05, 3.63) is 96.6 Å². The van der Waals surface area contributed by atoms with Gasteiger partial charge in [0.05, 0.1) is 38.1 Å². The Balaban J connectivity index is 0.000000275. The Morgan fingerprint density at radius 2 is 1.08 bits per heavy atom. The average Bonchev–Trinajstić information content (AvgIpc) is 3.27. The average molecular weight is 869 g/mol. The normalized spacial score (nSPS) is 28.3. The molecule has 0 aliphatic carbocycles. The first-order valence-electron chi connectivity index (χ1n) is 19.9. The summed E-state index contributed by atoms with van der Waals surface area (Å²) in [5.41, 5.74) is 0.349. The van der Waals surface area contributed by atoms with Gasteiger partial charge < -0.3 is 48.6 Å². The highest BCUT2D eigenvalue weighted by Crippen LogP contribution is 2.49. The largest absolute Gasteiger partial charge is 0.466 e. The van der Waals surface area contributed by atoms with Gasteiger partial charge in [0.1, 0.15) is 30.9 Å². The van der Waals surface area contributed by atoms with Gasteiger partial charge in [0.15, 0.2) is 0 Å². The lowest BCUT2D eigenvalue weighted by atomic mass is 9.79. The van der Waals surface area contributed by atoms with Gasteiger partial charge in [-0.05, 0) is 61.1 Å². The molecule has 3 aromatic rings. The number of carbonyl (C=O) groups excluding carboxylic acids is 5. The molecule has 0 saturated carbocycles. The number of methoxy groups -OCH3 is 2. The molecule has 15 heteroatoms. The van der Waals surface area contributed by atoms with Crippen molar-refractivity contribution in [2.24, 2.45) is 23.7 Å². The Bertz CT molecular complexity index is 1840. The van der Waals surface area contributed by atoms with Gasteiger partial charge in [-0.3, -0.25) is 0 Å². The standard InChI is InChI=1S/C26H30O7S.C19H26O6S/c1-4-21(32-24(29)18-11-7-5-8-12-18)22(28)23-20(16-27)17(2)15-26(33-23,25(30)31-3)34-19-13-9-6-10-14-19;1-4-15(21)16(22)17-14(11-20)12(2)10-19(25-17,18(23)24-3)26-13-8-6-5-7-9-13/h5-14,16-17,20-23,28H,4,15H2,1-3H3;5-9,11-12,14-17,21-22H,4,10H2,1-3H3/t17-,20-,21-,22-,23?,26-;12-,14-,15-,16-,17?,19-/m11/s1. The van der Waals surface area contributed by atoms with Gasteiger partial charge in [-0.2, -0.15) is 0 Å². The number of ether oxygens (including phenoxy) is 5. The molecule has 3 aromatic carbocycles. The molecule has 2 saturated heterocycles. The van der Waals surface area contributed by atoms with Crippen molar-refractivity contribution in [3.63, 3.8) is 0 Å². The molecule has 5 rings (SSSR count). The molecule has 60 heavy (non-hydrogen) atoms. The summed E-state index contributed by atoms with van der Waals surface area (Å²) in [5.74, 6) is -3.64. The van der Waals surface area contributed by atoms with Crippen LogP contribution in [0.25, 0.3) is 0 Å². The molecule has 326 valence electrons. The molecule has 2 aliphatic rings. The van der Waals surface area contributed by atoms with E-state index in [0.717, 1.165) is 22.4 Å². The predicted molar refractivity (Wildman–Crippen MR) is 225 cm³/mol. The lowest BCUT2D eigenvalue weighted by Crippen LogP contribution is -2.58. The highest BCUT2D eigenvalue weighted by molar-refractivity contribution is 8.01. The van der Waals surface area contributed by atoms with Crippen molar-refractivity contribution < 1.29 is 63.0 Å². The molecule has 0 aromatic heterocycles. The van der Waals surface area contributed by atoms with E-state index in [-0.39, 0.29) is 31.1 Å². The lowest BCUT2D eigenvalue weighted by molar-refractivity contribution is -0.202. The van der Waals surface area contributed by atoms with E-state index < -0.39 is 76.2 Å². The summed E-state index contributed by atoms with van der Waals surface area (Å²) in [6, 6.07) is 27.0. The number of hydrogen-bond acceptors (Lipinski definition) is 15. The monoisotopic (exact) mass is 868 g/mol. The molecule has 13 nitrogen and oxygen atoms in total. The molecule has 0 amide bonds. The highest BCUT2D eigenvalue weighted by Gasteiger charge is 2.56. The summed E-state index contributed by atoms with van der Waals surface area (Å²) in [6.07, 6.45) is -4.16. The van der Waals surface area contributed by atoms with Gasteiger partial charge in [0.2, 0.25) is 9.87 Å². The summed E-state index contributed by atoms with van der Waals surface area (Å²) in [6.45, 7) is 7.16. The Hall–Kier alpha value is -4.09. The van der Waals surface area contributed by atoms with E-state index in [1.165, 1.54) is 37.7 Å². The van der Waals surface area contributed by atoms with Crippen LogP contribution in [-0.2, 0) is 42.9 Å². The summed E-state index contributed by atoms with van der Waals surface area (Å²) in [5, 5.41) is 31.9. The van der Waals surface area contributed by atoms with Crippen molar-refractivity contribution in [1.82, 2.24) is 0 Å². The second-order valence-electron chi connectivity index (χ2n) is 14.9. The zero-order chi connectivity index (χ0) is 44.0. The topological polar surface area (TPSA) is 192 Å². The van der Waals surface area contributed by atoms with Crippen LogP contribution in [0.3, 0.4) is 0 Å². The molecule has 2 fully saturated rings. The van der Waals surface area contributed by atoms with Crippen LogP contribution in [0.2, 0.25) is 0 Å². The van der Waals surface area contributed by atoms with E-state index in [1.807, 2.05) is 74.5 Å². The van der Waals surface area contributed by atoms with Crippen LogP contribution >= 0.6 is 23.5 Å². The second kappa shape index (κ2) is 22.7. The van der Waals surface area contributed by atoms with Crippen LogP contribution in [0.4, 0.5) is 0 Å². The predicted octanol–water partition coefficient (Wildman–Crippen LogP) is 5.90. The Labute approximate surface area is 359 Å². The number of aldehydes is 2. The number of rotatable bonds is 16. The van der Waals surface area contributed by atoms with Crippen LogP contribution in [0.5, 0.6) is 0 Å². The van der Waals surface area contributed by atoms with E-state index >= 15 is 0 Å². The maximum atomic E-state index is 13.0. The van der Waals surface area contributed by atoms with Crippen molar-refractivity contribution in [2.75, 3.05) is 14.2 Å². The molecule has 3 N–H and O–H groups in total. The maximum Gasteiger partial charge on any atom is 0.349 e. The SMILES string of the molecule is CC[C@@H](O)[C@@H](O)C1O[C@](Sc2ccccc2)(C(=O)OC)C[C@@H](C)[C@H]1C=O.CC[C@@H](OC(=O)c1ccccc1)[C@@H](O)C1O[C@](Sc2ccccc2)(C(=O)OC)C[C@@H](C)[C@H]1C=O. The maximum absolute atomic E-state index is 13.0. The fraction of sp³-hybridized carbons (Fsp3) is 0.489. The van der Waals surface area contributed by atoms with E-state index in [2.05, 4.69) is 0 Å². The van der Waals surface area contributed by atoms with Crippen molar-refractivity contribution >= 4 is 54.0 Å². The molecule has 12 atom stereocenters. The minimum atomic E-state index is -1.47. The number of benzene rings is 3. The first-order valence-corrected chi connectivity index (χ1v) is 21.6. The Morgan fingerprint density at radius 1 is 0.683 bits per heavy atom. The fourth-order valence-electron chi connectivity index (χ4n) is 7.47. The van der Waals surface area contributed by atoms with E-state index in [0.29, 0.717) is 12.0 Å². The third-order valence-corrected chi connectivity index (χ3v) is 13.3. The molecule has 0 spiro atoms. The zero-order valence-electron chi connectivity index (χ0n) is 34.7. The number of carbonyl (C=O) groups is 5. The van der Waals surface area contributed by atoms with E-state index in [1.54, 1.807) is 44.2 Å². The van der Waals surface area contributed by atoms with Crippen LogP contribution in [0.1, 0.15) is 63.7 Å². The lowest BCUT2D eigenvalue weighted by Gasteiger charge is -2.46. The van der Waals surface area contributed by atoms with E-state index in [9.17, 15) is 39.3 Å². The fourth-order valence-corrected chi connectivity index (χ4v) is 10.2. The molecular weight excluding hydrogens is 813 g/mol. The number of thioether (sulfide) groups is 2. The second-order valence-corrected chi connectivity index (χ2v) is 17.6. The van der Waals surface area contributed by atoms with Crippen molar-refractivity contribution in [2.45, 2.75) is 110 Å². The number of esters is 3. The van der Waals surface area contributed by atoms with Crippen LogP contribution < -0.4 is 0 Å². The van der Waals surface area contributed by atoms with E-state index in [4.69, 9.17) is 23.7 Å². The van der Waals surface area contributed by atoms with Crippen molar-refractivity contribution in [1.29, 1.82) is 0 Å². The summed E-state index contributed by atoms with van der Waals surface area (Å²) in [4.78, 5) is 60.6. The summed E-state index contributed by atoms with van der Waals surface area (Å²) in [7, 11) is 2.55. The number of aliphatic hydroxyl groups is 3. The van der Waals surface area contributed by atoms with Gasteiger partial charge in [0, 0.05) is 34.5 Å². The van der Waals surface area contributed by atoms with Gasteiger partial charge in [-0.15, -0.1) is 0 Å². The number of aliphatic hydroxyl groups excluding tert-OH is 3. The zero-order valence-corrected chi connectivity index (χ0v) is 36.3. The molecule has 2 unspecified atom stereocenters. The molecular formula is C45H56O13S2. The quantitative estimate of drug-likeness (QED) is 0.0875. The van der Waals surface area contributed by atoms with Crippen LogP contribution in [0, 0.1) is 23.7 Å². The summed E-state index contributed by atoms with van der Waals surface area (Å²) < 4.78 is 27.9. The van der Waals surface area contributed by atoms with Gasteiger partial charge >= 0.3 is 17.9 Å². The first kappa shape index (κ1) is 48.6. The van der Waals surface area contributed by atoms with Crippen LogP contribution in [0.15, 0.2) is 101 Å². The third kappa shape index (κ3) is 11.6. The third-order valence-electron chi connectivity index (χ3n) is 10.8. The smallest absolute Gasteiger partial charge is 0.349 e. The molecule has 0 bridgehead atoms. The minimum Gasteiger partial charge on any atom is -0.466 e. The van der Waals surface area contributed by atoms with Crippen LogP contribution in [-0.4, -0.2) is 107 Å². The highest BCUT2D eigenvalue weighted by atomic mass is 32.2. The molecule has 2 heterocycles. The minimum absolute atomic E-state index is 0.215. The van der Waals surface area contributed by atoms with Gasteiger partial charge in [0.25, 0.3) is 0 Å². The summed E-state index contributed by atoms with van der Waals surface area (Å²) >= 11 is 2.38. The van der Waals surface area contributed by atoms with Crippen molar-refractivity contribution in [3.8, 4) is 0 Å². The molecule has 2 aliphatic heterocycles. The van der Waals surface area contributed by atoms with Gasteiger partial charge in [-0.1, -0.05) is 106 Å². The molecule has 0 radical (unpaired) electrons.